The number of alkyl carbamates (subject to hydrolysis) is 1. The number of hydrogen-bond donors (Lipinski definition) is 2. The molecule has 1 aliphatic heterocycles. The van der Waals surface area contributed by atoms with Crippen LogP contribution >= 0.6 is 0 Å². The van der Waals surface area contributed by atoms with Gasteiger partial charge in [0.2, 0.25) is 0 Å². The Morgan fingerprint density at radius 2 is 2.12 bits per heavy atom. The molecule has 10 heteroatoms. The first kappa shape index (κ1) is 23.3. The molecule has 1 amide bonds. The summed E-state index contributed by atoms with van der Waals surface area (Å²) in [4.78, 5) is 18.6. The first-order chi connectivity index (χ1) is 16.2. The lowest BCUT2D eigenvalue weighted by atomic mass is 10.1. The van der Waals surface area contributed by atoms with Crippen LogP contribution in [-0.2, 0) is 4.74 Å². The summed E-state index contributed by atoms with van der Waals surface area (Å²) in [6.45, 7) is 8.50. The lowest BCUT2D eigenvalue weighted by Gasteiger charge is -2.22. The molecule has 3 aromatic heterocycles. The van der Waals surface area contributed by atoms with Gasteiger partial charge in [0.25, 0.3) is 0 Å². The molecule has 0 aromatic carbocycles. The van der Waals surface area contributed by atoms with Gasteiger partial charge in [-0.1, -0.05) is 0 Å². The molecular weight excluding hydrogens is 436 g/mol. The Hall–Kier alpha value is -3.84. The number of anilines is 1. The summed E-state index contributed by atoms with van der Waals surface area (Å²) in [6.07, 6.45) is 3.68. The topological polar surface area (TPSA) is 125 Å². The number of hydrogen-bond acceptors (Lipinski definition) is 8. The van der Waals surface area contributed by atoms with Crippen molar-refractivity contribution in [3.05, 3.63) is 42.4 Å². The van der Waals surface area contributed by atoms with E-state index in [0.29, 0.717) is 42.3 Å². The molecule has 34 heavy (non-hydrogen) atoms. The summed E-state index contributed by atoms with van der Waals surface area (Å²) < 4.78 is 12.6. The molecule has 2 atom stereocenters. The summed E-state index contributed by atoms with van der Waals surface area (Å²) in [5.74, 6) is 1.31. The van der Waals surface area contributed by atoms with Crippen molar-refractivity contribution in [3.8, 4) is 22.9 Å². The fourth-order valence-corrected chi connectivity index (χ4v) is 3.95. The SMILES string of the molecule is CCOc1cc(-c2ccc(N3C[C@@H](O)[C@@H](NC(=O)OC(C)(C)C)C3)nc2)c2c(C#N)cnn2c1. The Morgan fingerprint density at radius 1 is 1.32 bits per heavy atom. The minimum Gasteiger partial charge on any atom is -0.492 e. The number of nitrogens with zero attached hydrogens (tertiary/aromatic N) is 5. The molecule has 1 fully saturated rings. The number of amides is 1. The zero-order valence-electron chi connectivity index (χ0n) is 19.6. The summed E-state index contributed by atoms with van der Waals surface area (Å²) >= 11 is 0. The molecular formula is C24H28N6O4. The molecule has 0 aliphatic carbocycles. The van der Waals surface area contributed by atoms with Crippen LogP contribution in [0.5, 0.6) is 5.75 Å². The van der Waals surface area contributed by atoms with Crippen LogP contribution in [0.3, 0.4) is 0 Å². The van der Waals surface area contributed by atoms with E-state index in [1.165, 1.54) is 6.20 Å². The van der Waals surface area contributed by atoms with Crippen molar-refractivity contribution in [3.63, 3.8) is 0 Å². The minimum atomic E-state index is -0.749. The Kier molecular flexibility index (Phi) is 6.30. The van der Waals surface area contributed by atoms with Gasteiger partial charge in [-0.15, -0.1) is 0 Å². The van der Waals surface area contributed by atoms with Crippen LogP contribution in [0.25, 0.3) is 16.6 Å². The molecule has 178 valence electrons. The summed E-state index contributed by atoms with van der Waals surface area (Å²) in [5, 5.41) is 27.0. The zero-order valence-corrected chi connectivity index (χ0v) is 19.6. The molecule has 10 nitrogen and oxygen atoms in total. The van der Waals surface area contributed by atoms with Gasteiger partial charge in [0.1, 0.15) is 23.2 Å². The van der Waals surface area contributed by atoms with E-state index in [-0.39, 0.29) is 0 Å². The molecule has 1 aliphatic rings. The maximum atomic E-state index is 12.1. The molecule has 4 heterocycles. The van der Waals surface area contributed by atoms with Crippen LogP contribution in [0.2, 0.25) is 0 Å². The van der Waals surface area contributed by atoms with Gasteiger partial charge >= 0.3 is 6.09 Å². The van der Waals surface area contributed by atoms with Gasteiger partial charge in [-0.05, 0) is 45.9 Å². The van der Waals surface area contributed by atoms with E-state index in [1.807, 2.05) is 30.0 Å². The molecule has 0 bridgehead atoms. The van der Waals surface area contributed by atoms with Crippen LogP contribution in [0.15, 0.2) is 36.8 Å². The lowest BCUT2D eigenvalue weighted by Crippen LogP contribution is -2.45. The van der Waals surface area contributed by atoms with Crippen molar-refractivity contribution >= 4 is 17.4 Å². The average molecular weight is 465 g/mol. The van der Waals surface area contributed by atoms with E-state index >= 15 is 0 Å². The normalized spacial score (nSPS) is 18.1. The number of pyridine rings is 2. The third kappa shape index (κ3) is 4.89. The number of aliphatic hydroxyl groups excluding tert-OH is 1. The van der Waals surface area contributed by atoms with E-state index in [2.05, 4.69) is 21.5 Å². The van der Waals surface area contributed by atoms with Crippen LogP contribution in [0, 0.1) is 11.3 Å². The van der Waals surface area contributed by atoms with Crippen LogP contribution in [0.4, 0.5) is 10.6 Å². The van der Waals surface area contributed by atoms with Gasteiger partial charge in [0, 0.05) is 30.4 Å². The summed E-state index contributed by atoms with van der Waals surface area (Å²) in [7, 11) is 0. The highest BCUT2D eigenvalue weighted by molar-refractivity contribution is 5.85. The minimum absolute atomic E-state index is 0.331. The molecule has 2 N–H and O–H groups in total. The maximum Gasteiger partial charge on any atom is 0.408 e. The number of aliphatic hydroxyl groups is 1. The highest BCUT2D eigenvalue weighted by Crippen LogP contribution is 2.31. The van der Waals surface area contributed by atoms with Crippen molar-refractivity contribution < 1.29 is 19.4 Å². The number of nitrogens with one attached hydrogen (secondary N) is 1. The van der Waals surface area contributed by atoms with Gasteiger partial charge in [-0.3, -0.25) is 0 Å². The van der Waals surface area contributed by atoms with Crippen LogP contribution in [0.1, 0.15) is 33.3 Å². The number of rotatable bonds is 5. The third-order valence-corrected chi connectivity index (χ3v) is 5.39. The fraction of sp³-hybridized carbons (Fsp3) is 0.417. The number of carbonyl (C=O) groups excluding carboxylic acids is 1. The highest BCUT2D eigenvalue weighted by Gasteiger charge is 2.34. The summed E-state index contributed by atoms with van der Waals surface area (Å²) in [6, 6.07) is 7.34. The monoisotopic (exact) mass is 464 g/mol. The molecule has 3 aromatic rings. The Labute approximate surface area is 197 Å². The fourth-order valence-electron chi connectivity index (χ4n) is 3.95. The second-order valence-corrected chi connectivity index (χ2v) is 9.12. The number of nitriles is 1. The van der Waals surface area contributed by atoms with E-state index < -0.39 is 23.8 Å². The second kappa shape index (κ2) is 9.19. The number of ether oxygens (including phenoxy) is 2. The standard InChI is InChI=1S/C24H28N6O4/c1-5-33-17-8-18(22-16(9-25)11-27-30(22)12-17)15-6-7-21(26-10-15)29-13-19(20(31)14-29)28-23(32)34-24(2,3)4/h6-8,10-12,19-20,31H,5,13-14H2,1-4H3,(H,28,32)/t19-,20+/m0/s1. The van der Waals surface area contributed by atoms with Crippen molar-refractivity contribution in [1.82, 2.24) is 19.9 Å². The Balaban J connectivity index is 1.55. The molecule has 0 saturated carbocycles. The van der Waals surface area contributed by atoms with Crippen molar-refractivity contribution in [2.24, 2.45) is 0 Å². The van der Waals surface area contributed by atoms with Gasteiger partial charge < -0.3 is 24.8 Å². The Morgan fingerprint density at radius 3 is 2.76 bits per heavy atom. The highest BCUT2D eigenvalue weighted by atomic mass is 16.6. The molecule has 0 unspecified atom stereocenters. The van der Waals surface area contributed by atoms with E-state index in [9.17, 15) is 15.2 Å². The quantitative estimate of drug-likeness (QED) is 0.591. The van der Waals surface area contributed by atoms with Crippen molar-refractivity contribution in [1.29, 1.82) is 5.26 Å². The van der Waals surface area contributed by atoms with Crippen molar-refractivity contribution in [2.75, 3.05) is 24.6 Å². The van der Waals surface area contributed by atoms with Crippen LogP contribution in [-0.4, -0.2) is 63.2 Å². The first-order valence-corrected chi connectivity index (χ1v) is 11.1. The van der Waals surface area contributed by atoms with E-state index in [1.54, 1.807) is 37.7 Å². The Bertz CT molecular complexity index is 1230. The number of fused-ring (bicyclic) bond motifs is 1. The summed E-state index contributed by atoms with van der Waals surface area (Å²) in [5.41, 5.74) is 2.11. The third-order valence-electron chi connectivity index (χ3n) is 5.39. The lowest BCUT2D eigenvalue weighted by molar-refractivity contribution is 0.0461. The number of carbonyl (C=O) groups is 1. The van der Waals surface area contributed by atoms with Crippen molar-refractivity contribution in [2.45, 2.75) is 45.4 Å². The number of aromatic nitrogens is 3. The smallest absolute Gasteiger partial charge is 0.408 e. The zero-order chi connectivity index (χ0) is 24.5. The second-order valence-electron chi connectivity index (χ2n) is 9.12. The largest absolute Gasteiger partial charge is 0.492 e. The predicted octanol–water partition coefficient (Wildman–Crippen LogP) is 2.74. The molecule has 4 rings (SSSR count). The van der Waals surface area contributed by atoms with Gasteiger partial charge in [-0.2, -0.15) is 10.4 Å². The maximum absolute atomic E-state index is 12.1. The van der Waals surface area contributed by atoms with Gasteiger partial charge in [0.05, 0.1) is 42.2 Å². The van der Waals surface area contributed by atoms with E-state index in [4.69, 9.17) is 9.47 Å². The average Bonchev–Trinajstić information content (AvgIpc) is 3.35. The van der Waals surface area contributed by atoms with Crippen LogP contribution < -0.4 is 15.0 Å². The number of β-amino-alcohol motifs (C(OH)–C–C–N with tert-alkyl or cyclic N) is 1. The first-order valence-electron chi connectivity index (χ1n) is 11.1. The van der Waals surface area contributed by atoms with Gasteiger partial charge in [-0.25, -0.2) is 14.3 Å². The molecule has 0 radical (unpaired) electrons. The molecule has 0 spiro atoms. The van der Waals surface area contributed by atoms with Gasteiger partial charge in [0.15, 0.2) is 0 Å². The van der Waals surface area contributed by atoms with E-state index in [0.717, 1.165) is 11.1 Å². The molecule has 1 saturated heterocycles. The predicted molar refractivity (Wildman–Crippen MR) is 126 cm³/mol.